The third-order valence-corrected chi connectivity index (χ3v) is 6.06. The Hall–Kier alpha value is -2.94. The maximum absolute atomic E-state index is 9.69. The summed E-state index contributed by atoms with van der Waals surface area (Å²) in [6, 6.07) is 13.1. The van der Waals surface area contributed by atoms with E-state index in [0.29, 0.717) is 5.82 Å². The lowest BCUT2D eigenvalue weighted by Crippen LogP contribution is -2.42. The van der Waals surface area contributed by atoms with Gasteiger partial charge in [0.1, 0.15) is 23.6 Å². The summed E-state index contributed by atoms with van der Waals surface area (Å²) in [6.45, 7) is 4.96. The normalized spacial score (nSPS) is 15.0. The fourth-order valence-corrected chi connectivity index (χ4v) is 4.49. The molecule has 3 N–H and O–H groups in total. The number of anilines is 2. The molecule has 29 heavy (non-hydrogen) atoms. The van der Waals surface area contributed by atoms with E-state index in [1.165, 1.54) is 0 Å². The van der Waals surface area contributed by atoms with E-state index in [4.69, 9.17) is 4.42 Å². The highest BCUT2D eigenvalue weighted by atomic mass is 32.1. The number of fused-ring (bicyclic) bond motifs is 1. The number of benzene rings is 1. The van der Waals surface area contributed by atoms with Gasteiger partial charge >= 0.3 is 0 Å². The zero-order valence-electron chi connectivity index (χ0n) is 15.8. The van der Waals surface area contributed by atoms with Gasteiger partial charge in [-0.2, -0.15) is 0 Å². The predicted octanol–water partition coefficient (Wildman–Crippen LogP) is 3.81. The average molecular weight is 407 g/mol. The van der Waals surface area contributed by atoms with Crippen LogP contribution in [0.1, 0.15) is 5.76 Å². The van der Waals surface area contributed by atoms with Gasteiger partial charge in [-0.25, -0.2) is 9.97 Å². The highest BCUT2D eigenvalue weighted by Gasteiger charge is 2.15. The lowest BCUT2D eigenvalue weighted by molar-refractivity contribution is 0.217. The molecule has 1 aliphatic heterocycles. The van der Waals surface area contributed by atoms with Crippen LogP contribution in [0.2, 0.25) is 0 Å². The summed E-state index contributed by atoms with van der Waals surface area (Å²) >= 11 is 1.59. The molecular formula is C21H21N5O2S. The molecule has 0 amide bonds. The van der Waals surface area contributed by atoms with Gasteiger partial charge in [0.15, 0.2) is 5.82 Å². The van der Waals surface area contributed by atoms with Crippen molar-refractivity contribution in [2.45, 2.75) is 6.54 Å². The van der Waals surface area contributed by atoms with Crippen LogP contribution in [0.5, 0.6) is 5.75 Å². The number of aromatic hydroxyl groups is 1. The number of phenols is 1. The molecule has 0 unspecified atom stereocenters. The van der Waals surface area contributed by atoms with E-state index in [-0.39, 0.29) is 5.75 Å². The summed E-state index contributed by atoms with van der Waals surface area (Å²) in [5.41, 5.74) is 1.64. The van der Waals surface area contributed by atoms with E-state index < -0.39 is 0 Å². The Morgan fingerprint density at radius 1 is 1.14 bits per heavy atom. The molecular weight excluding hydrogens is 386 g/mol. The van der Waals surface area contributed by atoms with E-state index in [1.807, 2.05) is 18.2 Å². The molecule has 0 aliphatic carbocycles. The van der Waals surface area contributed by atoms with Crippen LogP contribution < -0.4 is 10.6 Å². The molecule has 0 atom stereocenters. The highest BCUT2D eigenvalue weighted by molar-refractivity contribution is 7.22. The Morgan fingerprint density at radius 2 is 2.03 bits per heavy atom. The topological polar surface area (TPSA) is 86.5 Å². The Kier molecular flexibility index (Phi) is 4.89. The SMILES string of the molecule is Oc1cccc(Nc2ncnc3cc(-c4ccc(CN5CCNCC5)o4)sc23)c1. The van der Waals surface area contributed by atoms with E-state index in [0.717, 1.165) is 65.0 Å². The van der Waals surface area contributed by atoms with Gasteiger partial charge in [-0.05, 0) is 30.3 Å². The Morgan fingerprint density at radius 3 is 2.90 bits per heavy atom. The number of hydrogen-bond donors (Lipinski definition) is 3. The van der Waals surface area contributed by atoms with Gasteiger partial charge in [-0.1, -0.05) is 6.07 Å². The summed E-state index contributed by atoms with van der Waals surface area (Å²) in [6.07, 6.45) is 1.54. The molecule has 8 heteroatoms. The van der Waals surface area contributed by atoms with E-state index >= 15 is 0 Å². The van der Waals surface area contributed by atoms with E-state index in [1.54, 1.807) is 35.9 Å². The summed E-state index contributed by atoms with van der Waals surface area (Å²) in [7, 11) is 0. The molecule has 3 aromatic heterocycles. The maximum Gasteiger partial charge on any atom is 0.151 e. The van der Waals surface area contributed by atoms with Gasteiger partial charge in [0.25, 0.3) is 0 Å². The number of nitrogens with one attached hydrogen (secondary N) is 2. The van der Waals surface area contributed by atoms with Crippen LogP contribution in [0.3, 0.4) is 0 Å². The standard InChI is InChI=1S/C21H21N5O2S/c27-15-3-1-2-14(10-15)25-21-20-17(23-13-24-21)11-19(29-20)18-5-4-16(28-18)12-26-8-6-22-7-9-26/h1-5,10-11,13,22,27H,6-9,12H2,(H,23,24,25). The molecule has 0 saturated carbocycles. The minimum absolute atomic E-state index is 0.208. The first-order valence-corrected chi connectivity index (χ1v) is 10.4. The van der Waals surface area contributed by atoms with Crippen LogP contribution in [0.4, 0.5) is 11.5 Å². The van der Waals surface area contributed by atoms with Crippen molar-refractivity contribution in [1.82, 2.24) is 20.2 Å². The maximum atomic E-state index is 9.69. The first-order valence-electron chi connectivity index (χ1n) is 9.57. The number of phenolic OH excluding ortho intramolecular Hbond substituents is 1. The minimum Gasteiger partial charge on any atom is -0.508 e. The summed E-state index contributed by atoms with van der Waals surface area (Å²) in [5, 5.41) is 16.3. The Balaban J connectivity index is 1.40. The van der Waals surface area contributed by atoms with Gasteiger partial charge in [0.2, 0.25) is 0 Å². The van der Waals surface area contributed by atoms with Crippen molar-refractivity contribution < 1.29 is 9.52 Å². The summed E-state index contributed by atoms with van der Waals surface area (Å²) in [5.74, 6) is 2.74. The molecule has 1 aliphatic rings. The third-order valence-electron chi connectivity index (χ3n) is 4.91. The van der Waals surface area contributed by atoms with Crippen LogP contribution >= 0.6 is 11.3 Å². The number of piperazine rings is 1. The minimum atomic E-state index is 0.208. The molecule has 1 saturated heterocycles. The van der Waals surface area contributed by atoms with Crippen molar-refractivity contribution >= 4 is 33.1 Å². The Labute approximate surface area is 172 Å². The van der Waals surface area contributed by atoms with Crippen molar-refractivity contribution in [1.29, 1.82) is 0 Å². The molecule has 0 radical (unpaired) electrons. The second-order valence-electron chi connectivity index (χ2n) is 7.01. The predicted molar refractivity (Wildman–Crippen MR) is 115 cm³/mol. The molecule has 0 bridgehead atoms. The van der Waals surface area contributed by atoms with Gasteiger partial charge in [-0.3, -0.25) is 4.90 Å². The van der Waals surface area contributed by atoms with Crippen molar-refractivity contribution in [3.8, 4) is 16.4 Å². The summed E-state index contributed by atoms with van der Waals surface area (Å²) in [4.78, 5) is 12.2. The van der Waals surface area contributed by atoms with Gasteiger partial charge in [0, 0.05) is 37.9 Å². The second kappa shape index (κ2) is 7.82. The van der Waals surface area contributed by atoms with Crippen LogP contribution in [-0.4, -0.2) is 46.2 Å². The number of nitrogens with zero attached hydrogens (tertiary/aromatic N) is 3. The number of furan rings is 1. The first-order chi connectivity index (χ1) is 14.2. The molecule has 4 heterocycles. The zero-order valence-corrected chi connectivity index (χ0v) is 16.6. The lowest BCUT2D eigenvalue weighted by atomic mass is 10.3. The van der Waals surface area contributed by atoms with Crippen molar-refractivity contribution in [3.05, 3.63) is 54.6 Å². The summed E-state index contributed by atoms with van der Waals surface area (Å²) < 4.78 is 7.07. The first kappa shape index (κ1) is 18.1. The van der Waals surface area contributed by atoms with Crippen LogP contribution in [0.25, 0.3) is 20.9 Å². The molecule has 0 spiro atoms. The molecule has 5 rings (SSSR count). The largest absolute Gasteiger partial charge is 0.508 e. The Bertz CT molecular complexity index is 1130. The fourth-order valence-electron chi connectivity index (χ4n) is 3.47. The van der Waals surface area contributed by atoms with E-state index in [2.05, 4.69) is 31.6 Å². The number of aromatic nitrogens is 2. The van der Waals surface area contributed by atoms with Gasteiger partial charge < -0.3 is 20.2 Å². The van der Waals surface area contributed by atoms with Gasteiger partial charge in [-0.15, -0.1) is 11.3 Å². The van der Waals surface area contributed by atoms with Gasteiger partial charge in [0.05, 0.1) is 21.6 Å². The number of hydrogen-bond acceptors (Lipinski definition) is 8. The third kappa shape index (κ3) is 3.95. The molecule has 148 valence electrons. The number of rotatable bonds is 5. The lowest BCUT2D eigenvalue weighted by Gasteiger charge is -2.26. The quantitative estimate of drug-likeness (QED) is 0.464. The zero-order chi connectivity index (χ0) is 19.6. The van der Waals surface area contributed by atoms with Crippen LogP contribution in [0.15, 0.2) is 53.2 Å². The monoisotopic (exact) mass is 407 g/mol. The second-order valence-corrected chi connectivity index (χ2v) is 8.07. The molecule has 4 aromatic rings. The smallest absolute Gasteiger partial charge is 0.151 e. The average Bonchev–Trinajstić information content (AvgIpc) is 3.36. The van der Waals surface area contributed by atoms with Crippen LogP contribution in [-0.2, 0) is 6.54 Å². The molecule has 1 fully saturated rings. The number of thiophene rings is 1. The highest BCUT2D eigenvalue weighted by Crippen LogP contribution is 2.37. The molecule has 1 aromatic carbocycles. The van der Waals surface area contributed by atoms with Crippen LogP contribution in [0, 0.1) is 0 Å². The van der Waals surface area contributed by atoms with Crippen molar-refractivity contribution in [3.63, 3.8) is 0 Å². The molecule has 7 nitrogen and oxygen atoms in total. The van der Waals surface area contributed by atoms with E-state index in [9.17, 15) is 5.11 Å². The fraction of sp³-hybridized carbons (Fsp3) is 0.238. The van der Waals surface area contributed by atoms with Crippen molar-refractivity contribution in [2.24, 2.45) is 0 Å². The van der Waals surface area contributed by atoms with Crippen molar-refractivity contribution in [2.75, 3.05) is 31.5 Å².